The number of hydrogen-bond acceptors (Lipinski definition) is 2. The molecule has 0 saturated heterocycles. The van der Waals surface area contributed by atoms with Crippen LogP contribution in [0.2, 0.25) is 0 Å². The van der Waals surface area contributed by atoms with Gasteiger partial charge < -0.3 is 5.73 Å². The molecule has 17 heavy (non-hydrogen) atoms. The van der Waals surface area contributed by atoms with Crippen molar-refractivity contribution in [3.8, 4) is 0 Å². The summed E-state index contributed by atoms with van der Waals surface area (Å²) in [5, 5.41) is 0. The third-order valence-electron chi connectivity index (χ3n) is 2.45. The maximum Gasteiger partial charge on any atom is 0.401 e. The van der Waals surface area contributed by atoms with Crippen molar-refractivity contribution < 1.29 is 17.6 Å². The molecule has 0 aliphatic rings. The fraction of sp³-hybridized carbons (Fsp3) is 0.455. The summed E-state index contributed by atoms with van der Waals surface area (Å²) in [6.07, 6.45) is -4.33. The van der Waals surface area contributed by atoms with Gasteiger partial charge in [-0.1, -0.05) is 18.2 Å². The van der Waals surface area contributed by atoms with Gasteiger partial charge in [-0.25, -0.2) is 4.39 Å². The predicted octanol–water partition coefficient (Wildman–Crippen LogP) is 2.32. The molecule has 2 nitrogen and oxygen atoms in total. The molecule has 1 aromatic rings. The molecule has 1 rings (SSSR count). The Hall–Kier alpha value is -1.14. The molecule has 0 aliphatic heterocycles. The summed E-state index contributed by atoms with van der Waals surface area (Å²) < 4.78 is 50.2. The molecule has 0 spiro atoms. The molecular formula is C11H14F4N2. The van der Waals surface area contributed by atoms with Crippen molar-refractivity contribution in [2.24, 2.45) is 5.73 Å². The Bertz CT molecular complexity index is 365. The Kier molecular flexibility index (Phi) is 4.47. The summed E-state index contributed by atoms with van der Waals surface area (Å²) >= 11 is 0. The maximum atomic E-state index is 13.5. The number of likely N-dealkylation sites (N-methyl/N-ethyl adjacent to an activating group) is 1. The first-order valence-electron chi connectivity index (χ1n) is 5.06. The van der Waals surface area contributed by atoms with Gasteiger partial charge in [0.2, 0.25) is 0 Å². The van der Waals surface area contributed by atoms with E-state index in [2.05, 4.69) is 0 Å². The highest BCUT2D eigenvalue weighted by molar-refractivity contribution is 5.21. The van der Waals surface area contributed by atoms with Gasteiger partial charge in [-0.05, 0) is 13.1 Å². The lowest BCUT2D eigenvalue weighted by Crippen LogP contribution is -2.37. The zero-order valence-electron chi connectivity index (χ0n) is 9.34. The number of benzene rings is 1. The standard InChI is InChI=1S/C11H14F4N2/c1-17(7-11(13,14)15)10(6-16)8-4-2-3-5-9(8)12/h2-5,10H,6-7,16H2,1H3. The van der Waals surface area contributed by atoms with Gasteiger partial charge in [0.05, 0.1) is 6.54 Å². The molecule has 0 saturated carbocycles. The first-order valence-corrected chi connectivity index (χ1v) is 5.06. The minimum absolute atomic E-state index is 0.0759. The van der Waals surface area contributed by atoms with Gasteiger partial charge in [0.15, 0.2) is 0 Å². The zero-order valence-corrected chi connectivity index (χ0v) is 9.34. The molecular weight excluding hydrogens is 236 g/mol. The first-order chi connectivity index (χ1) is 7.85. The van der Waals surface area contributed by atoms with Crippen molar-refractivity contribution in [1.29, 1.82) is 0 Å². The Morgan fingerprint density at radius 2 is 1.88 bits per heavy atom. The van der Waals surface area contributed by atoms with Crippen LogP contribution in [0.4, 0.5) is 17.6 Å². The minimum Gasteiger partial charge on any atom is -0.329 e. The van der Waals surface area contributed by atoms with E-state index in [-0.39, 0.29) is 12.1 Å². The van der Waals surface area contributed by atoms with E-state index in [1.807, 2.05) is 0 Å². The van der Waals surface area contributed by atoms with Crippen molar-refractivity contribution >= 4 is 0 Å². The molecule has 2 N–H and O–H groups in total. The number of alkyl halides is 3. The molecule has 0 heterocycles. The SMILES string of the molecule is CN(CC(F)(F)F)C(CN)c1ccccc1F. The zero-order chi connectivity index (χ0) is 13.1. The van der Waals surface area contributed by atoms with Crippen LogP contribution in [0.25, 0.3) is 0 Å². The summed E-state index contributed by atoms with van der Waals surface area (Å²) in [5.74, 6) is -0.544. The number of nitrogens with zero attached hydrogens (tertiary/aromatic N) is 1. The number of halogens is 4. The molecule has 1 unspecified atom stereocenters. The van der Waals surface area contributed by atoms with Gasteiger partial charge in [-0.15, -0.1) is 0 Å². The number of hydrogen-bond donors (Lipinski definition) is 1. The van der Waals surface area contributed by atoms with E-state index in [0.717, 1.165) is 4.90 Å². The Morgan fingerprint density at radius 3 is 2.35 bits per heavy atom. The van der Waals surface area contributed by atoms with Crippen LogP contribution in [0.3, 0.4) is 0 Å². The van der Waals surface area contributed by atoms with E-state index >= 15 is 0 Å². The molecule has 1 aromatic carbocycles. The van der Waals surface area contributed by atoms with E-state index < -0.39 is 24.6 Å². The van der Waals surface area contributed by atoms with E-state index in [0.29, 0.717) is 0 Å². The molecule has 0 aliphatic carbocycles. The van der Waals surface area contributed by atoms with Crippen molar-refractivity contribution in [3.63, 3.8) is 0 Å². The van der Waals surface area contributed by atoms with Crippen molar-refractivity contribution in [2.75, 3.05) is 20.1 Å². The number of rotatable bonds is 4. The average Bonchev–Trinajstić information content (AvgIpc) is 2.19. The highest BCUT2D eigenvalue weighted by Crippen LogP contribution is 2.25. The molecule has 0 aromatic heterocycles. The molecule has 96 valence electrons. The Labute approximate surface area is 97.0 Å². The molecule has 0 bridgehead atoms. The third kappa shape index (κ3) is 3.98. The normalized spacial score (nSPS) is 14.1. The van der Waals surface area contributed by atoms with Crippen LogP contribution in [0.15, 0.2) is 24.3 Å². The van der Waals surface area contributed by atoms with Gasteiger partial charge in [0.25, 0.3) is 0 Å². The predicted molar refractivity (Wildman–Crippen MR) is 56.9 cm³/mol. The minimum atomic E-state index is -4.33. The summed E-state index contributed by atoms with van der Waals surface area (Å²) in [4.78, 5) is 0.998. The Morgan fingerprint density at radius 1 is 1.29 bits per heavy atom. The fourth-order valence-electron chi connectivity index (χ4n) is 1.68. The first kappa shape index (κ1) is 13.9. The summed E-state index contributed by atoms with van der Waals surface area (Å²) in [5.41, 5.74) is 5.60. The average molecular weight is 250 g/mol. The lowest BCUT2D eigenvalue weighted by Gasteiger charge is -2.28. The maximum absolute atomic E-state index is 13.5. The van der Waals surface area contributed by atoms with Crippen LogP contribution in [0.5, 0.6) is 0 Å². The highest BCUT2D eigenvalue weighted by Gasteiger charge is 2.32. The van der Waals surface area contributed by atoms with E-state index in [9.17, 15) is 17.6 Å². The Balaban J connectivity index is 2.89. The van der Waals surface area contributed by atoms with Crippen LogP contribution >= 0.6 is 0 Å². The van der Waals surface area contributed by atoms with E-state index in [1.54, 1.807) is 6.07 Å². The van der Waals surface area contributed by atoms with Crippen molar-refractivity contribution in [2.45, 2.75) is 12.2 Å². The second-order valence-corrected chi connectivity index (χ2v) is 3.80. The molecule has 0 amide bonds. The largest absolute Gasteiger partial charge is 0.401 e. The molecule has 0 fully saturated rings. The third-order valence-corrected chi connectivity index (χ3v) is 2.45. The topological polar surface area (TPSA) is 29.3 Å². The lowest BCUT2D eigenvalue weighted by molar-refractivity contribution is -0.147. The van der Waals surface area contributed by atoms with Gasteiger partial charge in [-0.2, -0.15) is 13.2 Å². The van der Waals surface area contributed by atoms with Gasteiger partial charge in [0, 0.05) is 18.2 Å². The smallest absolute Gasteiger partial charge is 0.329 e. The van der Waals surface area contributed by atoms with Crippen LogP contribution in [-0.4, -0.2) is 31.2 Å². The van der Waals surface area contributed by atoms with Gasteiger partial charge >= 0.3 is 6.18 Å². The van der Waals surface area contributed by atoms with Gasteiger partial charge in [-0.3, -0.25) is 4.90 Å². The lowest BCUT2D eigenvalue weighted by atomic mass is 10.1. The molecule has 0 radical (unpaired) electrons. The van der Waals surface area contributed by atoms with Crippen molar-refractivity contribution in [3.05, 3.63) is 35.6 Å². The van der Waals surface area contributed by atoms with Crippen molar-refractivity contribution in [1.82, 2.24) is 4.90 Å². The van der Waals surface area contributed by atoms with Crippen LogP contribution in [0.1, 0.15) is 11.6 Å². The van der Waals surface area contributed by atoms with E-state index in [1.165, 1.54) is 25.2 Å². The second kappa shape index (κ2) is 5.46. The highest BCUT2D eigenvalue weighted by atomic mass is 19.4. The van der Waals surface area contributed by atoms with Gasteiger partial charge in [0.1, 0.15) is 5.82 Å². The van der Waals surface area contributed by atoms with Crippen LogP contribution < -0.4 is 5.73 Å². The molecule has 6 heteroatoms. The monoisotopic (exact) mass is 250 g/mol. The molecule has 1 atom stereocenters. The van der Waals surface area contributed by atoms with Crippen LogP contribution in [0, 0.1) is 5.82 Å². The summed E-state index contributed by atoms with van der Waals surface area (Å²) in [6.45, 7) is -1.20. The fourth-order valence-corrected chi connectivity index (χ4v) is 1.68. The summed E-state index contributed by atoms with van der Waals surface area (Å²) in [6, 6.07) is 4.93. The van der Waals surface area contributed by atoms with E-state index in [4.69, 9.17) is 5.73 Å². The summed E-state index contributed by atoms with van der Waals surface area (Å²) in [7, 11) is 1.28. The number of nitrogens with two attached hydrogens (primary N) is 1. The second-order valence-electron chi connectivity index (χ2n) is 3.80. The quantitative estimate of drug-likeness (QED) is 0.831. The van der Waals surface area contributed by atoms with Crippen LogP contribution in [-0.2, 0) is 0 Å².